The van der Waals surface area contributed by atoms with Gasteiger partial charge in [-0.1, -0.05) is 6.92 Å². The molecular formula is C21H25FN2O2. The van der Waals surface area contributed by atoms with Gasteiger partial charge in [-0.3, -0.25) is 0 Å². The van der Waals surface area contributed by atoms with Crippen LogP contribution >= 0.6 is 0 Å². The zero-order chi connectivity index (χ0) is 18.7. The summed E-state index contributed by atoms with van der Waals surface area (Å²) in [6.45, 7) is 6.09. The largest absolute Gasteiger partial charge is 0.481 e. The zero-order valence-corrected chi connectivity index (χ0v) is 15.7. The summed E-state index contributed by atoms with van der Waals surface area (Å²) < 4.78 is 20.3. The molecule has 4 rings (SSSR count). The molecule has 1 saturated carbocycles. The van der Waals surface area contributed by atoms with Gasteiger partial charge in [-0.25, -0.2) is 9.37 Å². The molecule has 0 radical (unpaired) electrons. The first-order valence-corrected chi connectivity index (χ1v) is 9.07. The van der Waals surface area contributed by atoms with Crippen LogP contribution in [0.25, 0.3) is 11.1 Å². The smallest absolute Gasteiger partial charge is 0.221 e. The average molecular weight is 356 g/mol. The van der Waals surface area contributed by atoms with Crippen molar-refractivity contribution in [3.63, 3.8) is 0 Å². The lowest BCUT2D eigenvalue weighted by molar-refractivity contribution is -0.0628. The van der Waals surface area contributed by atoms with Gasteiger partial charge in [0, 0.05) is 28.4 Å². The Morgan fingerprint density at radius 3 is 2.69 bits per heavy atom. The van der Waals surface area contributed by atoms with Gasteiger partial charge in [-0.05, 0) is 62.9 Å². The molecule has 138 valence electrons. The predicted octanol–water partition coefficient (Wildman–Crippen LogP) is 4.27. The SMILES string of the molecule is COc1ncccc1-c1cc2c(cc1F)NC(C)(C)C1(O)CCCC21C. The maximum absolute atomic E-state index is 15.0. The number of ether oxygens (including phenoxy) is 1. The molecule has 2 heterocycles. The van der Waals surface area contributed by atoms with Gasteiger partial charge in [0.25, 0.3) is 0 Å². The van der Waals surface area contributed by atoms with E-state index in [0.29, 0.717) is 17.0 Å². The monoisotopic (exact) mass is 356 g/mol. The molecule has 4 nitrogen and oxygen atoms in total. The summed E-state index contributed by atoms with van der Waals surface area (Å²) in [5.74, 6) is 0.0627. The van der Waals surface area contributed by atoms with Crippen molar-refractivity contribution in [3.8, 4) is 17.0 Å². The third-order valence-corrected chi connectivity index (χ3v) is 6.57. The number of benzene rings is 1. The Morgan fingerprint density at radius 2 is 1.96 bits per heavy atom. The number of rotatable bonds is 2. The van der Waals surface area contributed by atoms with Gasteiger partial charge in [-0.15, -0.1) is 0 Å². The summed E-state index contributed by atoms with van der Waals surface area (Å²) in [6.07, 6.45) is 4.17. The van der Waals surface area contributed by atoms with Gasteiger partial charge in [0.1, 0.15) is 5.82 Å². The second kappa shape index (κ2) is 5.43. The number of methoxy groups -OCH3 is 1. The van der Waals surface area contributed by atoms with Crippen molar-refractivity contribution in [3.05, 3.63) is 41.8 Å². The van der Waals surface area contributed by atoms with Crippen molar-refractivity contribution in [2.75, 3.05) is 12.4 Å². The van der Waals surface area contributed by atoms with Crippen LogP contribution < -0.4 is 10.1 Å². The van der Waals surface area contributed by atoms with Crippen molar-refractivity contribution >= 4 is 5.69 Å². The lowest BCUT2D eigenvalue weighted by Gasteiger charge is -2.55. The van der Waals surface area contributed by atoms with Crippen molar-refractivity contribution < 1.29 is 14.2 Å². The predicted molar refractivity (Wildman–Crippen MR) is 100 cm³/mol. The Morgan fingerprint density at radius 1 is 1.19 bits per heavy atom. The lowest BCUT2D eigenvalue weighted by atomic mass is 9.60. The van der Waals surface area contributed by atoms with Crippen LogP contribution in [0.1, 0.15) is 45.6 Å². The summed E-state index contributed by atoms with van der Waals surface area (Å²) in [5, 5.41) is 15.0. The van der Waals surface area contributed by atoms with Crippen molar-refractivity contribution in [1.82, 2.24) is 4.98 Å². The minimum absolute atomic E-state index is 0.328. The number of anilines is 1. The number of halogens is 1. The highest BCUT2D eigenvalue weighted by atomic mass is 19.1. The van der Waals surface area contributed by atoms with Crippen LogP contribution in [0.4, 0.5) is 10.1 Å². The van der Waals surface area contributed by atoms with Crippen LogP contribution in [0.2, 0.25) is 0 Å². The molecule has 0 bridgehead atoms. The molecule has 1 aromatic heterocycles. The van der Waals surface area contributed by atoms with E-state index in [9.17, 15) is 5.11 Å². The number of hydrogen-bond acceptors (Lipinski definition) is 4. The highest BCUT2D eigenvalue weighted by Gasteiger charge is 2.62. The third-order valence-electron chi connectivity index (χ3n) is 6.57. The van der Waals surface area contributed by atoms with Gasteiger partial charge in [-0.2, -0.15) is 0 Å². The van der Waals surface area contributed by atoms with Crippen LogP contribution in [0, 0.1) is 5.82 Å². The van der Waals surface area contributed by atoms with E-state index < -0.39 is 16.6 Å². The van der Waals surface area contributed by atoms with Crippen LogP contribution in [0.3, 0.4) is 0 Å². The molecule has 2 aliphatic rings. The molecule has 1 fully saturated rings. The standard InChI is InChI=1S/C21H25FN2O2/c1-19(2)21(25)9-6-8-20(21,3)15-11-14(16(22)12-17(15)24-19)13-7-5-10-23-18(13)26-4/h5,7,10-12,24-25H,6,8-9H2,1-4H3. The maximum atomic E-state index is 15.0. The van der Waals surface area contributed by atoms with E-state index in [-0.39, 0.29) is 5.82 Å². The molecule has 26 heavy (non-hydrogen) atoms. The van der Waals surface area contributed by atoms with E-state index in [4.69, 9.17) is 4.74 Å². The highest BCUT2D eigenvalue weighted by molar-refractivity contribution is 5.75. The molecule has 2 aromatic rings. The Kier molecular flexibility index (Phi) is 3.61. The molecule has 1 aliphatic carbocycles. The maximum Gasteiger partial charge on any atom is 0.221 e. The molecule has 1 aliphatic heterocycles. The Hall–Kier alpha value is -2.14. The quantitative estimate of drug-likeness (QED) is 0.844. The first-order valence-electron chi connectivity index (χ1n) is 9.07. The average Bonchev–Trinajstić information content (AvgIpc) is 2.92. The Labute approximate surface area is 153 Å². The summed E-state index contributed by atoms with van der Waals surface area (Å²) in [5.41, 5.74) is 0.921. The topological polar surface area (TPSA) is 54.4 Å². The van der Waals surface area contributed by atoms with Crippen molar-refractivity contribution in [2.45, 2.75) is 56.6 Å². The summed E-state index contributed by atoms with van der Waals surface area (Å²) >= 11 is 0. The normalized spacial score (nSPS) is 28.8. The zero-order valence-electron chi connectivity index (χ0n) is 15.7. The van der Waals surface area contributed by atoms with Gasteiger partial charge < -0.3 is 15.2 Å². The molecule has 2 atom stereocenters. The number of aliphatic hydroxyl groups is 1. The Bertz CT molecular complexity index is 882. The van der Waals surface area contributed by atoms with E-state index in [1.807, 2.05) is 19.9 Å². The minimum atomic E-state index is -0.888. The number of aromatic nitrogens is 1. The number of nitrogens with one attached hydrogen (secondary N) is 1. The van der Waals surface area contributed by atoms with Crippen LogP contribution in [-0.4, -0.2) is 28.3 Å². The molecule has 5 heteroatoms. The second-order valence-corrected chi connectivity index (χ2v) is 8.23. The van der Waals surface area contributed by atoms with Gasteiger partial charge >= 0.3 is 0 Å². The number of hydrogen-bond donors (Lipinski definition) is 2. The van der Waals surface area contributed by atoms with Crippen molar-refractivity contribution in [2.24, 2.45) is 0 Å². The first-order chi connectivity index (χ1) is 12.2. The van der Waals surface area contributed by atoms with Gasteiger partial charge in [0.2, 0.25) is 5.88 Å². The fourth-order valence-corrected chi connectivity index (χ4v) is 5.08. The molecule has 2 N–H and O–H groups in total. The molecule has 1 aromatic carbocycles. The molecule has 0 saturated heterocycles. The van der Waals surface area contributed by atoms with E-state index in [1.54, 1.807) is 24.4 Å². The van der Waals surface area contributed by atoms with E-state index >= 15 is 4.39 Å². The lowest BCUT2D eigenvalue weighted by Crippen LogP contribution is -2.65. The molecule has 0 spiro atoms. The third kappa shape index (κ3) is 2.07. The number of fused-ring (bicyclic) bond motifs is 3. The number of pyridine rings is 1. The van der Waals surface area contributed by atoms with E-state index in [1.165, 1.54) is 7.11 Å². The van der Waals surface area contributed by atoms with E-state index in [2.05, 4.69) is 17.2 Å². The van der Waals surface area contributed by atoms with Crippen LogP contribution in [-0.2, 0) is 5.41 Å². The van der Waals surface area contributed by atoms with E-state index in [0.717, 1.165) is 30.5 Å². The van der Waals surface area contributed by atoms with Crippen LogP contribution in [0.5, 0.6) is 5.88 Å². The van der Waals surface area contributed by atoms with Crippen LogP contribution in [0.15, 0.2) is 30.5 Å². The molecule has 2 unspecified atom stereocenters. The minimum Gasteiger partial charge on any atom is -0.481 e. The van der Waals surface area contributed by atoms with Crippen molar-refractivity contribution in [1.29, 1.82) is 0 Å². The Balaban J connectivity index is 1.96. The fraction of sp³-hybridized carbons (Fsp3) is 0.476. The van der Waals surface area contributed by atoms with Gasteiger partial charge in [0.15, 0.2) is 0 Å². The first kappa shape index (κ1) is 17.3. The molecule has 0 amide bonds. The van der Waals surface area contributed by atoms with Gasteiger partial charge in [0.05, 0.1) is 18.2 Å². The summed E-state index contributed by atoms with van der Waals surface area (Å²) in [7, 11) is 1.53. The fourth-order valence-electron chi connectivity index (χ4n) is 5.08. The second-order valence-electron chi connectivity index (χ2n) is 8.23. The summed E-state index contributed by atoms with van der Waals surface area (Å²) in [4.78, 5) is 4.19. The number of nitrogens with zero attached hydrogens (tertiary/aromatic N) is 1. The molecular weight excluding hydrogens is 331 g/mol. The summed E-state index contributed by atoms with van der Waals surface area (Å²) in [6, 6.07) is 6.98. The highest BCUT2D eigenvalue weighted by Crippen LogP contribution is 2.59.